The van der Waals surface area contributed by atoms with Crippen molar-refractivity contribution >= 4 is 39.2 Å². The Morgan fingerprint density at radius 2 is 2.09 bits per heavy atom. The van der Waals surface area contributed by atoms with Crippen molar-refractivity contribution in [3.63, 3.8) is 0 Å². The van der Waals surface area contributed by atoms with E-state index < -0.39 is 0 Å². The summed E-state index contributed by atoms with van der Waals surface area (Å²) in [6.45, 7) is 3.93. The molecule has 1 saturated carbocycles. The van der Waals surface area contributed by atoms with Crippen molar-refractivity contribution < 1.29 is 4.79 Å². The highest BCUT2D eigenvalue weighted by Gasteiger charge is 2.17. The Kier molecular flexibility index (Phi) is 5.06. The number of carbonyl (C=O) groups excluding carboxylic acids is 1. The lowest BCUT2D eigenvalue weighted by Gasteiger charge is -2.22. The third kappa shape index (κ3) is 3.77. The smallest absolute Gasteiger partial charge is 0.260 e. The predicted octanol–water partition coefficient (Wildman–Crippen LogP) is 3.14. The van der Waals surface area contributed by atoms with Gasteiger partial charge in [0, 0.05) is 10.9 Å². The first-order valence-electron chi connectivity index (χ1n) is 7.97. The summed E-state index contributed by atoms with van der Waals surface area (Å²) in [6.07, 6.45) is 5.81. The van der Waals surface area contributed by atoms with Gasteiger partial charge < -0.3 is 10.3 Å². The number of nitrogens with zero attached hydrogens (tertiary/aromatic N) is 1. The number of thioether (sulfide) groups is 1. The van der Waals surface area contributed by atoms with Gasteiger partial charge in [-0.1, -0.05) is 31.0 Å². The number of hydrogen-bond donors (Lipinski definition) is 2. The third-order valence-corrected chi connectivity index (χ3v) is 6.30. The highest BCUT2D eigenvalue weighted by molar-refractivity contribution is 7.99. The molecule has 23 heavy (non-hydrogen) atoms. The summed E-state index contributed by atoms with van der Waals surface area (Å²) in [5.74, 6) is 0.303. The van der Waals surface area contributed by atoms with Gasteiger partial charge in [-0.2, -0.15) is 0 Å². The fourth-order valence-electron chi connectivity index (χ4n) is 2.95. The van der Waals surface area contributed by atoms with Gasteiger partial charge in [0.2, 0.25) is 5.91 Å². The van der Waals surface area contributed by atoms with Crippen molar-refractivity contribution in [2.45, 2.75) is 57.1 Å². The molecule has 2 aromatic heterocycles. The van der Waals surface area contributed by atoms with Crippen LogP contribution in [0.3, 0.4) is 0 Å². The molecule has 0 radical (unpaired) electrons. The van der Waals surface area contributed by atoms with Crippen molar-refractivity contribution in [3.8, 4) is 0 Å². The average molecular weight is 351 g/mol. The van der Waals surface area contributed by atoms with Crippen molar-refractivity contribution in [2.24, 2.45) is 0 Å². The summed E-state index contributed by atoms with van der Waals surface area (Å²) in [5.41, 5.74) is 0.873. The lowest BCUT2D eigenvalue weighted by atomic mass is 9.95. The topological polar surface area (TPSA) is 74.8 Å². The molecule has 0 aliphatic heterocycles. The van der Waals surface area contributed by atoms with Crippen LogP contribution >= 0.6 is 23.1 Å². The molecule has 0 atom stereocenters. The van der Waals surface area contributed by atoms with E-state index in [4.69, 9.17) is 0 Å². The Labute approximate surface area is 143 Å². The Bertz CT molecular complexity index is 775. The van der Waals surface area contributed by atoms with Gasteiger partial charge in [0.1, 0.15) is 4.83 Å². The molecule has 1 aliphatic rings. The first-order valence-corrected chi connectivity index (χ1v) is 9.77. The van der Waals surface area contributed by atoms with Crippen LogP contribution in [-0.4, -0.2) is 27.7 Å². The summed E-state index contributed by atoms with van der Waals surface area (Å²) in [5, 5.41) is 4.26. The van der Waals surface area contributed by atoms with E-state index in [2.05, 4.69) is 15.3 Å². The molecule has 1 amide bonds. The summed E-state index contributed by atoms with van der Waals surface area (Å²) in [6, 6.07) is 0.314. The van der Waals surface area contributed by atoms with Crippen LogP contribution in [0, 0.1) is 13.8 Å². The number of fused-ring (bicyclic) bond motifs is 1. The molecule has 124 valence electrons. The number of H-pyrrole nitrogens is 1. The van der Waals surface area contributed by atoms with Crippen LogP contribution in [0.15, 0.2) is 9.95 Å². The quantitative estimate of drug-likeness (QED) is 0.655. The number of aryl methyl sites for hydroxylation is 2. The van der Waals surface area contributed by atoms with Crippen LogP contribution in [0.1, 0.15) is 42.5 Å². The monoisotopic (exact) mass is 351 g/mol. The third-order valence-electron chi connectivity index (χ3n) is 4.33. The lowest BCUT2D eigenvalue weighted by molar-refractivity contribution is -0.119. The van der Waals surface area contributed by atoms with E-state index in [9.17, 15) is 9.59 Å². The molecule has 1 fully saturated rings. The van der Waals surface area contributed by atoms with E-state index in [1.807, 2.05) is 13.8 Å². The Morgan fingerprint density at radius 3 is 2.83 bits per heavy atom. The SMILES string of the molecule is Cc1sc2nc(SCC(=O)NC3CCCCC3)[nH]c(=O)c2c1C. The second kappa shape index (κ2) is 7.05. The maximum atomic E-state index is 12.2. The van der Waals surface area contributed by atoms with E-state index in [1.54, 1.807) is 0 Å². The average Bonchev–Trinajstić information content (AvgIpc) is 2.81. The van der Waals surface area contributed by atoms with Gasteiger partial charge in [-0.05, 0) is 32.3 Å². The van der Waals surface area contributed by atoms with E-state index in [0.29, 0.717) is 16.6 Å². The first kappa shape index (κ1) is 16.5. The maximum Gasteiger partial charge on any atom is 0.260 e. The molecule has 0 unspecified atom stereocenters. The lowest BCUT2D eigenvalue weighted by Crippen LogP contribution is -2.37. The number of hydrogen-bond acceptors (Lipinski definition) is 5. The largest absolute Gasteiger partial charge is 0.353 e. The van der Waals surface area contributed by atoms with Gasteiger partial charge in [0.25, 0.3) is 5.56 Å². The summed E-state index contributed by atoms with van der Waals surface area (Å²) >= 11 is 2.81. The Balaban J connectivity index is 1.65. The van der Waals surface area contributed by atoms with Gasteiger partial charge in [-0.3, -0.25) is 9.59 Å². The molecular formula is C16H21N3O2S2. The standard InChI is InChI=1S/C16H21N3O2S2/c1-9-10(2)23-15-13(9)14(21)18-16(19-15)22-8-12(20)17-11-6-4-3-5-7-11/h11H,3-8H2,1-2H3,(H,17,20)(H,18,19,21). The van der Waals surface area contributed by atoms with Gasteiger partial charge >= 0.3 is 0 Å². The Hall–Kier alpha value is -1.34. The molecule has 7 heteroatoms. The molecule has 0 bridgehead atoms. The van der Waals surface area contributed by atoms with Crippen molar-refractivity contribution in [3.05, 3.63) is 20.8 Å². The Morgan fingerprint density at radius 1 is 1.35 bits per heavy atom. The van der Waals surface area contributed by atoms with E-state index >= 15 is 0 Å². The summed E-state index contributed by atoms with van der Waals surface area (Å²) in [4.78, 5) is 33.4. The fourth-order valence-corrected chi connectivity index (χ4v) is 4.71. The number of amides is 1. The van der Waals surface area contributed by atoms with Gasteiger partial charge in [-0.25, -0.2) is 4.98 Å². The van der Waals surface area contributed by atoms with Crippen molar-refractivity contribution in [2.75, 3.05) is 5.75 Å². The van der Waals surface area contributed by atoms with Crippen molar-refractivity contribution in [1.29, 1.82) is 0 Å². The number of nitrogens with one attached hydrogen (secondary N) is 2. The van der Waals surface area contributed by atoms with Crippen LogP contribution in [-0.2, 0) is 4.79 Å². The number of aromatic amines is 1. The second-order valence-corrected chi connectivity index (χ2v) is 8.19. The number of aromatic nitrogens is 2. The predicted molar refractivity (Wildman–Crippen MR) is 95.5 cm³/mol. The zero-order valence-electron chi connectivity index (χ0n) is 13.4. The van der Waals surface area contributed by atoms with Crippen molar-refractivity contribution in [1.82, 2.24) is 15.3 Å². The van der Waals surface area contributed by atoms with Crippen LogP contribution < -0.4 is 10.9 Å². The number of rotatable bonds is 4. The molecular weight excluding hydrogens is 330 g/mol. The molecule has 5 nitrogen and oxygen atoms in total. The van der Waals surface area contributed by atoms with E-state index in [0.717, 1.165) is 28.1 Å². The normalized spacial score (nSPS) is 15.9. The minimum absolute atomic E-state index is 0.0168. The molecule has 3 rings (SSSR count). The second-order valence-electron chi connectivity index (χ2n) is 6.03. The van der Waals surface area contributed by atoms with Crippen LogP contribution in [0.4, 0.5) is 0 Å². The molecule has 2 aromatic rings. The number of carbonyl (C=O) groups is 1. The minimum atomic E-state index is -0.118. The maximum absolute atomic E-state index is 12.2. The number of thiophene rings is 1. The summed E-state index contributed by atoms with van der Waals surface area (Å²) in [7, 11) is 0. The zero-order valence-corrected chi connectivity index (χ0v) is 15.0. The van der Waals surface area contributed by atoms with Gasteiger partial charge in [0.15, 0.2) is 5.16 Å². The van der Waals surface area contributed by atoms with Gasteiger partial charge in [-0.15, -0.1) is 11.3 Å². The summed E-state index contributed by atoms with van der Waals surface area (Å²) < 4.78 is 0. The van der Waals surface area contributed by atoms with E-state index in [1.165, 1.54) is 42.4 Å². The first-order chi connectivity index (χ1) is 11.0. The fraction of sp³-hybridized carbons (Fsp3) is 0.562. The van der Waals surface area contributed by atoms with Crippen LogP contribution in [0.2, 0.25) is 0 Å². The highest BCUT2D eigenvalue weighted by atomic mass is 32.2. The molecule has 0 aromatic carbocycles. The van der Waals surface area contributed by atoms with E-state index in [-0.39, 0.29) is 17.2 Å². The highest BCUT2D eigenvalue weighted by Crippen LogP contribution is 2.27. The molecule has 0 spiro atoms. The zero-order chi connectivity index (χ0) is 16.4. The molecule has 1 aliphatic carbocycles. The molecule has 2 heterocycles. The molecule has 0 saturated heterocycles. The van der Waals surface area contributed by atoms with Crippen LogP contribution in [0.25, 0.3) is 10.2 Å². The van der Waals surface area contributed by atoms with Gasteiger partial charge in [0.05, 0.1) is 11.1 Å². The molecule has 2 N–H and O–H groups in total. The minimum Gasteiger partial charge on any atom is -0.353 e. The van der Waals surface area contributed by atoms with Crippen LogP contribution in [0.5, 0.6) is 0 Å².